The standard InChI is InChI=1S/C29H34F4N6O3/c1-18(29(31,32)33)26-20-6-3-7-23(37-24-8-10-38(2)17-22(24)30)21(20)15-19(36-26)5-4-9-34-27(40)25-16-35-28(42-25)39-11-13-41-14-12-39/h3,6-7,15-16,22,24,37H,1,4-5,8-14,17H2,2H3,(H,34,40)/t22-,24+/m0/s1. The molecule has 0 saturated carbocycles. The number of hydrogen-bond donors (Lipinski definition) is 2. The number of oxazole rings is 1. The molecule has 2 atom stereocenters. The minimum Gasteiger partial charge on any atom is -0.418 e. The number of pyridine rings is 1. The lowest BCUT2D eigenvalue weighted by atomic mass is 9.99. The number of likely N-dealkylation sites (tertiary alicyclic amines) is 1. The number of allylic oxidation sites excluding steroid dienone is 1. The number of piperidine rings is 1. The molecule has 2 aromatic heterocycles. The smallest absolute Gasteiger partial charge is 0.417 e. The third-order valence-corrected chi connectivity index (χ3v) is 7.54. The van der Waals surface area contributed by atoms with Crippen LogP contribution in [0, 0.1) is 0 Å². The van der Waals surface area contributed by atoms with Crippen LogP contribution in [-0.4, -0.2) is 92.2 Å². The maximum absolute atomic E-state index is 14.8. The van der Waals surface area contributed by atoms with Crippen LogP contribution in [0.5, 0.6) is 0 Å². The molecule has 0 aliphatic carbocycles. The van der Waals surface area contributed by atoms with Gasteiger partial charge in [-0.3, -0.25) is 9.78 Å². The summed E-state index contributed by atoms with van der Waals surface area (Å²) in [7, 11) is 1.85. The number of halogens is 4. The van der Waals surface area contributed by atoms with Crippen molar-refractivity contribution in [1.29, 1.82) is 0 Å². The first-order valence-electron chi connectivity index (χ1n) is 13.9. The molecule has 2 fully saturated rings. The van der Waals surface area contributed by atoms with Gasteiger partial charge < -0.3 is 29.6 Å². The van der Waals surface area contributed by atoms with Crippen LogP contribution in [0.4, 0.5) is 29.3 Å². The number of fused-ring (bicyclic) bond motifs is 1. The van der Waals surface area contributed by atoms with Crippen LogP contribution in [0.2, 0.25) is 0 Å². The van der Waals surface area contributed by atoms with Crippen LogP contribution in [-0.2, 0) is 11.2 Å². The highest BCUT2D eigenvalue weighted by atomic mass is 19.4. The average molecular weight is 591 g/mol. The van der Waals surface area contributed by atoms with Gasteiger partial charge >= 0.3 is 6.18 Å². The van der Waals surface area contributed by atoms with Crippen molar-refractivity contribution in [3.63, 3.8) is 0 Å². The SMILES string of the molecule is C=C(c1nc(CCCNC(=O)c2cnc(N3CCOCC3)o2)cc2c(N[C@@H]3CCN(C)C[C@@H]3F)cccc12)C(F)(F)F. The molecule has 9 nitrogen and oxygen atoms in total. The second-order valence-electron chi connectivity index (χ2n) is 10.6. The van der Waals surface area contributed by atoms with Crippen molar-refractivity contribution < 1.29 is 31.5 Å². The summed E-state index contributed by atoms with van der Waals surface area (Å²) in [6, 6.07) is 6.54. The third-order valence-electron chi connectivity index (χ3n) is 7.54. The number of benzene rings is 1. The van der Waals surface area contributed by atoms with E-state index in [1.165, 1.54) is 6.20 Å². The number of carbonyl (C=O) groups is 1. The number of alkyl halides is 4. The number of carbonyl (C=O) groups excluding carboxylic acids is 1. The van der Waals surface area contributed by atoms with Crippen molar-refractivity contribution in [2.24, 2.45) is 0 Å². The van der Waals surface area contributed by atoms with Crippen molar-refractivity contribution in [2.75, 3.05) is 63.2 Å². The van der Waals surface area contributed by atoms with Gasteiger partial charge in [-0.05, 0) is 38.4 Å². The highest BCUT2D eigenvalue weighted by Crippen LogP contribution is 2.37. The zero-order valence-corrected chi connectivity index (χ0v) is 23.3. The monoisotopic (exact) mass is 590 g/mol. The maximum Gasteiger partial charge on any atom is 0.417 e. The lowest BCUT2D eigenvalue weighted by molar-refractivity contribution is -0.0688. The summed E-state index contributed by atoms with van der Waals surface area (Å²) in [6.07, 6.45) is -3.18. The number of aryl methyl sites for hydroxylation is 1. The Morgan fingerprint density at radius 3 is 2.71 bits per heavy atom. The summed E-state index contributed by atoms with van der Waals surface area (Å²) < 4.78 is 66.9. The quantitative estimate of drug-likeness (QED) is 0.279. The summed E-state index contributed by atoms with van der Waals surface area (Å²) in [5.41, 5.74) is -0.371. The predicted octanol–water partition coefficient (Wildman–Crippen LogP) is 4.45. The van der Waals surface area contributed by atoms with E-state index < -0.39 is 29.9 Å². The van der Waals surface area contributed by atoms with Crippen LogP contribution >= 0.6 is 0 Å². The number of nitrogens with one attached hydrogen (secondary N) is 2. The van der Waals surface area contributed by atoms with E-state index in [0.717, 1.165) is 0 Å². The third kappa shape index (κ3) is 6.84. The fourth-order valence-corrected chi connectivity index (χ4v) is 5.20. The Morgan fingerprint density at radius 2 is 1.98 bits per heavy atom. The topological polar surface area (TPSA) is 95.8 Å². The summed E-state index contributed by atoms with van der Waals surface area (Å²) in [5, 5.41) is 6.78. The molecule has 2 N–H and O–H groups in total. The molecule has 4 heterocycles. The molecule has 0 unspecified atom stereocenters. The Hall–Kier alpha value is -3.71. The van der Waals surface area contributed by atoms with Crippen LogP contribution in [0.15, 0.2) is 41.5 Å². The lowest BCUT2D eigenvalue weighted by Crippen LogP contribution is -2.46. The number of aromatic nitrogens is 2. The van der Waals surface area contributed by atoms with E-state index in [1.54, 1.807) is 24.3 Å². The van der Waals surface area contributed by atoms with Gasteiger partial charge in [0.25, 0.3) is 11.9 Å². The molecule has 2 aliphatic rings. The highest BCUT2D eigenvalue weighted by Gasteiger charge is 2.35. The van der Waals surface area contributed by atoms with Crippen LogP contribution in [0.3, 0.4) is 0 Å². The van der Waals surface area contributed by atoms with Crippen molar-refractivity contribution in [3.8, 4) is 0 Å². The molecule has 0 radical (unpaired) electrons. The van der Waals surface area contributed by atoms with Gasteiger partial charge in [-0.1, -0.05) is 18.7 Å². The van der Waals surface area contributed by atoms with E-state index >= 15 is 0 Å². The molecular formula is C29H34F4N6O3. The van der Waals surface area contributed by atoms with E-state index in [2.05, 4.69) is 27.2 Å². The Morgan fingerprint density at radius 1 is 1.19 bits per heavy atom. The summed E-state index contributed by atoms with van der Waals surface area (Å²) in [5.74, 6) is -0.370. The van der Waals surface area contributed by atoms with Crippen molar-refractivity contribution in [3.05, 3.63) is 54.2 Å². The van der Waals surface area contributed by atoms with E-state index in [-0.39, 0.29) is 36.4 Å². The van der Waals surface area contributed by atoms with Crippen molar-refractivity contribution in [1.82, 2.24) is 20.2 Å². The number of rotatable bonds is 9. The minimum absolute atomic E-state index is 0.0693. The first kappa shape index (κ1) is 29.8. The van der Waals surface area contributed by atoms with Gasteiger partial charge in [-0.15, -0.1) is 0 Å². The van der Waals surface area contributed by atoms with Crippen LogP contribution in [0.1, 0.15) is 34.8 Å². The highest BCUT2D eigenvalue weighted by molar-refractivity contribution is 6.00. The van der Waals surface area contributed by atoms with Gasteiger partial charge in [-0.25, -0.2) is 9.37 Å². The maximum atomic E-state index is 14.8. The molecule has 1 amide bonds. The Balaban J connectivity index is 1.30. The first-order chi connectivity index (χ1) is 20.1. The van der Waals surface area contributed by atoms with Crippen LogP contribution in [0.25, 0.3) is 16.3 Å². The van der Waals surface area contributed by atoms with Gasteiger partial charge in [0.1, 0.15) is 6.17 Å². The Bertz CT molecular complexity index is 1420. The number of morpholine rings is 1. The van der Waals surface area contributed by atoms with Gasteiger partial charge in [0, 0.05) is 54.9 Å². The molecule has 2 saturated heterocycles. The molecule has 1 aromatic carbocycles. The Kier molecular flexibility index (Phi) is 8.97. The summed E-state index contributed by atoms with van der Waals surface area (Å²) in [4.78, 5) is 24.9. The largest absolute Gasteiger partial charge is 0.418 e. The predicted molar refractivity (Wildman–Crippen MR) is 151 cm³/mol. The fourth-order valence-electron chi connectivity index (χ4n) is 5.20. The van der Waals surface area contributed by atoms with E-state index in [4.69, 9.17) is 9.15 Å². The molecule has 13 heteroatoms. The van der Waals surface area contributed by atoms with Gasteiger partial charge in [0.05, 0.1) is 36.7 Å². The zero-order chi connectivity index (χ0) is 29.9. The normalized spacial score (nSPS) is 20.1. The average Bonchev–Trinajstić information content (AvgIpc) is 3.47. The van der Waals surface area contributed by atoms with Crippen molar-refractivity contribution in [2.45, 2.75) is 37.7 Å². The van der Waals surface area contributed by atoms with Gasteiger partial charge in [0.15, 0.2) is 0 Å². The zero-order valence-electron chi connectivity index (χ0n) is 23.3. The molecule has 226 valence electrons. The van der Waals surface area contributed by atoms with E-state index in [9.17, 15) is 22.4 Å². The summed E-state index contributed by atoms with van der Waals surface area (Å²) in [6.45, 7) is 6.85. The first-order valence-corrected chi connectivity index (χ1v) is 13.9. The number of amides is 1. The number of nitrogens with zero attached hydrogens (tertiary/aromatic N) is 4. The summed E-state index contributed by atoms with van der Waals surface area (Å²) >= 11 is 0. The number of ether oxygens (including phenoxy) is 1. The molecule has 0 bridgehead atoms. The number of hydrogen-bond acceptors (Lipinski definition) is 8. The molecule has 42 heavy (non-hydrogen) atoms. The second-order valence-corrected chi connectivity index (χ2v) is 10.6. The van der Waals surface area contributed by atoms with E-state index in [1.807, 2.05) is 16.8 Å². The lowest BCUT2D eigenvalue weighted by Gasteiger charge is -2.33. The number of anilines is 2. The molecule has 2 aliphatic heterocycles. The van der Waals surface area contributed by atoms with Gasteiger partial charge in [-0.2, -0.15) is 13.2 Å². The van der Waals surface area contributed by atoms with Crippen LogP contribution < -0.4 is 15.5 Å². The molecule has 3 aromatic rings. The Labute approximate surface area is 240 Å². The van der Waals surface area contributed by atoms with Crippen molar-refractivity contribution >= 4 is 34.0 Å². The molecule has 0 spiro atoms. The molecule has 5 rings (SSSR count). The minimum atomic E-state index is -4.68. The molecular weight excluding hydrogens is 556 g/mol. The fraction of sp³-hybridized carbons (Fsp3) is 0.483. The van der Waals surface area contributed by atoms with Gasteiger partial charge in [0.2, 0.25) is 5.76 Å². The van der Waals surface area contributed by atoms with E-state index in [0.29, 0.717) is 68.5 Å². The second kappa shape index (κ2) is 12.7.